The van der Waals surface area contributed by atoms with Gasteiger partial charge in [0, 0.05) is 37.9 Å². The first-order valence-corrected chi connectivity index (χ1v) is 19.5. The highest BCUT2D eigenvalue weighted by molar-refractivity contribution is 6.16. The van der Waals surface area contributed by atoms with Gasteiger partial charge in [0.05, 0.1) is 34.7 Å². The van der Waals surface area contributed by atoms with Gasteiger partial charge in [-0.25, -0.2) is 14.8 Å². The Morgan fingerprint density at radius 3 is 1.80 bits per heavy atom. The molecule has 0 fully saturated rings. The summed E-state index contributed by atoms with van der Waals surface area (Å²) in [6.07, 6.45) is 0. The molecule has 4 heterocycles. The molecule has 0 spiro atoms. The van der Waals surface area contributed by atoms with Crippen LogP contribution in [0.1, 0.15) is 0 Å². The average molecular weight is 755 g/mol. The van der Waals surface area contributed by atoms with E-state index in [4.69, 9.17) is 25.4 Å². The predicted molar refractivity (Wildman–Crippen MR) is 239 cm³/mol. The van der Waals surface area contributed by atoms with E-state index in [0.717, 1.165) is 99.2 Å². The highest BCUT2D eigenvalue weighted by atomic mass is 16.3. The molecule has 4 aromatic heterocycles. The first-order chi connectivity index (χ1) is 29.2. The maximum atomic E-state index is 8.25. The van der Waals surface area contributed by atoms with E-state index in [1.165, 1.54) is 0 Å². The smallest absolute Gasteiger partial charge is 0.238 e. The minimum absolute atomic E-state index is 0.419. The minimum atomic E-state index is 0.419. The van der Waals surface area contributed by atoms with Gasteiger partial charge in [0.1, 0.15) is 16.7 Å². The Kier molecular flexibility index (Phi) is 7.19. The van der Waals surface area contributed by atoms with Crippen LogP contribution in [0.5, 0.6) is 0 Å². The van der Waals surface area contributed by atoms with Gasteiger partial charge in [0.15, 0.2) is 11.4 Å². The Labute approximate surface area is 337 Å². The summed E-state index contributed by atoms with van der Waals surface area (Å²) in [5, 5.41) is 6.41. The van der Waals surface area contributed by atoms with Crippen molar-refractivity contribution in [1.82, 2.24) is 14.5 Å². The topological polar surface area (TPSA) is 61.4 Å². The zero-order chi connectivity index (χ0) is 39.0. The lowest BCUT2D eigenvalue weighted by atomic mass is 10.0. The third-order valence-electron chi connectivity index (χ3n) is 11.5. The second-order valence-corrected chi connectivity index (χ2v) is 14.8. The van der Waals surface area contributed by atoms with Crippen LogP contribution in [0.15, 0.2) is 191 Å². The van der Waals surface area contributed by atoms with Crippen LogP contribution >= 0.6 is 0 Å². The molecule has 8 aromatic carbocycles. The third-order valence-corrected chi connectivity index (χ3v) is 11.5. The van der Waals surface area contributed by atoms with Crippen molar-refractivity contribution >= 4 is 71.4 Å². The van der Waals surface area contributed by atoms with Crippen LogP contribution in [0, 0.1) is 6.57 Å². The number of hydrogen-bond donors (Lipinski definition) is 0. The van der Waals surface area contributed by atoms with Crippen LogP contribution in [-0.4, -0.2) is 14.5 Å². The van der Waals surface area contributed by atoms with E-state index in [2.05, 4.69) is 100 Å². The minimum Gasteiger partial charge on any atom is -0.456 e. The van der Waals surface area contributed by atoms with Crippen molar-refractivity contribution in [2.45, 2.75) is 0 Å². The molecule has 12 aromatic rings. The van der Waals surface area contributed by atoms with Crippen molar-refractivity contribution in [3.05, 3.63) is 193 Å². The highest BCUT2D eigenvalue weighted by Gasteiger charge is 2.23. The zero-order valence-corrected chi connectivity index (χ0v) is 31.4. The lowest BCUT2D eigenvalue weighted by Gasteiger charge is -2.13. The van der Waals surface area contributed by atoms with Gasteiger partial charge in [-0.3, -0.25) is 0 Å². The molecule has 0 aliphatic rings. The number of nitrogens with zero attached hydrogens (tertiary/aromatic N) is 4. The van der Waals surface area contributed by atoms with E-state index >= 15 is 0 Å². The Morgan fingerprint density at radius 2 is 1.03 bits per heavy atom. The molecule has 0 bridgehead atoms. The first kappa shape index (κ1) is 32.9. The summed E-state index contributed by atoms with van der Waals surface area (Å²) >= 11 is 0. The third kappa shape index (κ3) is 5.05. The van der Waals surface area contributed by atoms with Crippen LogP contribution in [0.3, 0.4) is 0 Å². The van der Waals surface area contributed by atoms with Crippen molar-refractivity contribution in [3.8, 4) is 50.7 Å². The van der Waals surface area contributed by atoms with Gasteiger partial charge in [-0.1, -0.05) is 133 Å². The fourth-order valence-corrected chi connectivity index (χ4v) is 8.79. The molecule has 0 aliphatic heterocycles. The standard InChI is InChI=1S/C53H30N4O2/c1-54-51-49(32-14-4-2-5-15-32)55-53(56-50(51)33-16-6-3-7-17-33)39-21-13-25-47-48(39)38-20-12-23-44(52(38)59-47)57-42-22-10-8-18-36(42)40-30-34(26-28-43(40)57)35-27-29-46-41(31-35)37-19-9-11-24-45(37)58-46/h2-31H. The molecule has 0 radical (unpaired) electrons. The Morgan fingerprint density at radius 1 is 0.441 bits per heavy atom. The molecule has 6 heteroatoms. The summed E-state index contributed by atoms with van der Waals surface area (Å²) in [6.45, 7) is 8.25. The van der Waals surface area contributed by atoms with E-state index in [9.17, 15) is 0 Å². The SMILES string of the molecule is [C-]#[N+]c1c(-c2ccccc2)nc(-c2cccc3oc4c(-n5c6ccccc6c6cc(-c7ccc8oc9ccccc9c8c7)ccc65)cccc4c23)nc1-c1ccccc1. The normalized spacial score (nSPS) is 11.7. The Hall–Kier alpha value is -8.27. The molecule has 0 unspecified atom stereocenters. The molecule has 0 saturated heterocycles. The molecule has 0 amide bonds. The molecule has 12 rings (SSSR count). The van der Waals surface area contributed by atoms with Crippen molar-refractivity contribution in [2.75, 3.05) is 0 Å². The van der Waals surface area contributed by atoms with Crippen molar-refractivity contribution in [2.24, 2.45) is 0 Å². The summed E-state index contributed by atoms with van der Waals surface area (Å²) in [5.41, 5.74) is 12.8. The van der Waals surface area contributed by atoms with Gasteiger partial charge < -0.3 is 13.4 Å². The molecule has 0 aliphatic carbocycles. The number of furan rings is 2. The fraction of sp³-hybridized carbons (Fsp3) is 0. The molecule has 0 N–H and O–H groups in total. The van der Waals surface area contributed by atoms with Gasteiger partial charge in [-0.2, -0.15) is 0 Å². The number of hydrogen-bond acceptors (Lipinski definition) is 4. The average Bonchev–Trinajstić information content (AvgIpc) is 3.98. The summed E-state index contributed by atoms with van der Waals surface area (Å²) in [4.78, 5) is 14.3. The fourth-order valence-electron chi connectivity index (χ4n) is 8.79. The van der Waals surface area contributed by atoms with Crippen molar-refractivity contribution < 1.29 is 8.83 Å². The van der Waals surface area contributed by atoms with Gasteiger partial charge in [-0.15, -0.1) is 0 Å². The largest absolute Gasteiger partial charge is 0.456 e. The maximum Gasteiger partial charge on any atom is 0.238 e. The molecule has 274 valence electrons. The second kappa shape index (κ2) is 12.9. The molecule has 0 saturated carbocycles. The number of aromatic nitrogens is 3. The van der Waals surface area contributed by atoms with Crippen LogP contribution in [0.4, 0.5) is 5.69 Å². The second-order valence-electron chi connectivity index (χ2n) is 14.8. The molecule has 59 heavy (non-hydrogen) atoms. The molecule has 0 atom stereocenters. The van der Waals surface area contributed by atoms with E-state index in [1.54, 1.807) is 0 Å². The Balaban J connectivity index is 1.06. The number of fused-ring (bicyclic) bond motifs is 9. The van der Waals surface area contributed by atoms with Crippen molar-refractivity contribution in [3.63, 3.8) is 0 Å². The highest BCUT2D eigenvalue weighted by Crippen LogP contribution is 2.44. The zero-order valence-electron chi connectivity index (χ0n) is 31.4. The molecule has 6 nitrogen and oxygen atoms in total. The summed E-state index contributed by atoms with van der Waals surface area (Å²) in [5.74, 6) is 0.528. The van der Waals surface area contributed by atoms with Crippen molar-refractivity contribution in [1.29, 1.82) is 0 Å². The first-order valence-electron chi connectivity index (χ1n) is 19.5. The van der Waals surface area contributed by atoms with Gasteiger partial charge in [-0.05, 0) is 70.8 Å². The number of rotatable bonds is 5. The summed E-state index contributed by atoms with van der Waals surface area (Å²) < 4.78 is 15.3. The van der Waals surface area contributed by atoms with Gasteiger partial charge in [0.2, 0.25) is 5.69 Å². The number of para-hydroxylation sites is 3. The number of benzene rings is 8. The van der Waals surface area contributed by atoms with E-state index in [-0.39, 0.29) is 0 Å². The van der Waals surface area contributed by atoms with E-state index < -0.39 is 0 Å². The predicted octanol–water partition coefficient (Wildman–Crippen LogP) is 14.6. The quantitative estimate of drug-likeness (QED) is 0.164. The van der Waals surface area contributed by atoms with Crippen LogP contribution in [-0.2, 0) is 0 Å². The monoisotopic (exact) mass is 754 g/mol. The summed E-state index contributed by atoms with van der Waals surface area (Å²) in [7, 11) is 0. The molecular formula is C53H30N4O2. The van der Waals surface area contributed by atoms with Gasteiger partial charge in [0.25, 0.3) is 0 Å². The maximum absolute atomic E-state index is 8.25. The van der Waals surface area contributed by atoms with E-state index in [1.807, 2.05) is 91.0 Å². The van der Waals surface area contributed by atoms with Crippen LogP contribution in [0.2, 0.25) is 0 Å². The van der Waals surface area contributed by atoms with Crippen LogP contribution < -0.4 is 0 Å². The lowest BCUT2D eigenvalue weighted by Crippen LogP contribution is -1.97. The van der Waals surface area contributed by atoms with Gasteiger partial charge >= 0.3 is 0 Å². The molecular weight excluding hydrogens is 725 g/mol. The van der Waals surface area contributed by atoms with Crippen LogP contribution in [0.25, 0.3) is 121 Å². The van der Waals surface area contributed by atoms with E-state index in [0.29, 0.717) is 22.9 Å². The lowest BCUT2D eigenvalue weighted by molar-refractivity contribution is 0.666. The summed E-state index contributed by atoms with van der Waals surface area (Å²) in [6, 6.07) is 62.1. The Bertz CT molecular complexity index is 3620.